The highest BCUT2D eigenvalue weighted by molar-refractivity contribution is 5.69. The van der Waals surface area contributed by atoms with Crippen molar-refractivity contribution in [1.82, 2.24) is 4.90 Å². The molecule has 0 aliphatic carbocycles. The van der Waals surface area contributed by atoms with Gasteiger partial charge >= 0.3 is 5.97 Å². The molecule has 0 aromatic rings. The van der Waals surface area contributed by atoms with Crippen LogP contribution in [0.2, 0.25) is 0 Å². The maximum Gasteiger partial charge on any atom is 0.317 e. The van der Waals surface area contributed by atoms with Crippen LogP contribution in [0.4, 0.5) is 0 Å². The smallest absolute Gasteiger partial charge is 0.317 e. The van der Waals surface area contributed by atoms with Crippen molar-refractivity contribution in [3.63, 3.8) is 0 Å². The Morgan fingerprint density at radius 1 is 1.31 bits per heavy atom. The molecule has 2 aliphatic heterocycles. The molecule has 2 rings (SSSR count). The van der Waals surface area contributed by atoms with E-state index in [4.69, 9.17) is 14.6 Å². The van der Waals surface area contributed by atoms with E-state index in [1.807, 2.05) is 4.90 Å². The molecule has 5 heteroatoms. The topological polar surface area (TPSA) is 65.6 Å². The summed E-state index contributed by atoms with van der Waals surface area (Å²) in [5.74, 6) is -0.790. The monoisotopic (exact) mass is 187 g/mol. The number of carboxylic acid groups (broad SMARTS) is 1. The molecule has 2 atom stereocenters. The third-order valence-corrected chi connectivity index (χ3v) is 2.09. The predicted octanol–water partition coefficient (Wildman–Crippen LogP) is -0.829. The van der Waals surface area contributed by atoms with Gasteiger partial charge in [0.05, 0.1) is 32.0 Å². The maximum absolute atomic E-state index is 10.5. The minimum atomic E-state index is -0.790. The van der Waals surface area contributed by atoms with Gasteiger partial charge in [0.25, 0.3) is 0 Å². The van der Waals surface area contributed by atoms with Crippen LogP contribution >= 0.6 is 0 Å². The first-order valence-corrected chi connectivity index (χ1v) is 4.41. The molecule has 1 N–H and O–H groups in total. The molecule has 5 nitrogen and oxygen atoms in total. The van der Waals surface area contributed by atoms with E-state index < -0.39 is 5.97 Å². The third-order valence-electron chi connectivity index (χ3n) is 2.09. The number of carboxylic acids is 1. The van der Waals surface area contributed by atoms with Gasteiger partial charge in [0.1, 0.15) is 0 Å². The van der Waals surface area contributed by atoms with Gasteiger partial charge in [-0.3, -0.25) is 9.69 Å². The van der Waals surface area contributed by atoms with Crippen LogP contribution in [0.3, 0.4) is 0 Å². The average molecular weight is 187 g/mol. The zero-order valence-electron chi connectivity index (χ0n) is 7.31. The van der Waals surface area contributed by atoms with Gasteiger partial charge in [-0.15, -0.1) is 0 Å². The fraction of sp³-hybridized carbons (Fsp3) is 0.875. The zero-order chi connectivity index (χ0) is 9.26. The van der Waals surface area contributed by atoms with Crippen LogP contribution in [0.25, 0.3) is 0 Å². The lowest BCUT2D eigenvalue weighted by Crippen LogP contribution is -2.36. The van der Waals surface area contributed by atoms with Gasteiger partial charge in [-0.25, -0.2) is 0 Å². The molecule has 74 valence electrons. The molecule has 2 fully saturated rings. The molecule has 0 aromatic heterocycles. The third kappa shape index (κ3) is 3.30. The highest BCUT2D eigenvalue weighted by atomic mass is 16.6. The van der Waals surface area contributed by atoms with Gasteiger partial charge in [-0.1, -0.05) is 0 Å². The Morgan fingerprint density at radius 3 is 2.08 bits per heavy atom. The maximum atomic E-state index is 10.5. The Hall–Kier alpha value is -0.650. The number of epoxide rings is 2. The minimum absolute atomic E-state index is 0.0831. The second-order valence-corrected chi connectivity index (χ2v) is 3.50. The van der Waals surface area contributed by atoms with Crippen LogP contribution in [0.5, 0.6) is 0 Å². The van der Waals surface area contributed by atoms with E-state index in [1.165, 1.54) is 0 Å². The van der Waals surface area contributed by atoms with Crippen LogP contribution < -0.4 is 0 Å². The average Bonchev–Trinajstić information content (AvgIpc) is 2.79. The first-order valence-electron chi connectivity index (χ1n) is 4.41. The van der Waals surface area contributed by atoms with Gasteiger partial charge in [0.2, 0.25) is 0 Å². The summed E-state index contributed by atoms with van der Waals surface area (Å²) in [7, 11) is 0. The Kier molecular flexibility index (Phi) is 2.48. The summed E-state index contributed by atoms with van der Waals surface area (Å²) >= 11 is 0. The molecular weight excluding hydrogens is 174 g/mol. The number of nitrogens with zero attached hydrogens (tertiary/aromatic N) is 1. The molecule has 2 unspecified atom stereocenters. The van der Waals surface area contributed by atoms with E-state index in [0.717, 1.165) is 13.2 Å². The summed E-state index contributed by atoms with van der Waals surface area (Å²) in [6.45, 7) is 3.04. The van der Waals surface area contributed by atoms with Gasteiger partial charge in [0.15, 0.2) is 0 Å². The van der Waals surface area contributed by atoms with Gasteiger partial charge < -0.3 is 14.6 Å². The summed E-state index contributed by atoms with van der Waals surface area (Å²) in [6, 6.07) is 0. The fourth-order valence-corrected chi connectivity index (χ4v) is 1.32. The lowest BCUT2D eigenvalue weighted by atomic mass is 10.3. The Labute approximate surface area is 76.2 Å². The second-order valence-electron chi connectivity index (χ2n) is 3.50. The minimum Gasteiger partial charge on any atom is -0.480 e. The lowest BCUT2D eigenvalue weighted by Gasteiger charge is -2.17. The molecule has 0 bridgehead atoms. The number of carbonyl (C=O) groups is 1. The molecule has 0 radical (unpaired) electrons. The van der Waals surface area contributed by atoms with Crippen LogP contribution in [-0.4, -0.2) is 61.0 Å². The summed E-state index contributed by atoms with van der Waals surface area (Å²) in [6.07, 6.45) is 0.496. The van der Waals surface area contributed by atoms with E-state index in [2.05, 4.69) is 0 Å². The molecule has 0 amide bonds. The van der Waals surface area contributed by atoms with E-state index in [1.54, 1.807) is 0 Å². The van der Waals surface area contributed by atoms with Crippen molar-refractivity contribution >= 4 is 5.97 Å². The fourth-order valence-electron chi connectivity index (χ4n) is 1.32. The second kappa shape index (κ2) is 3.61. The molecule has 2 heterocycles. The largest absolute Gasteiger partial charge is 0.480 e. The SMILES string of the molecule is O=C(O)CN(CC1CO1)CC1CO1. The van der Waals surface area contributed by atoms with E-state index in [-0.39, 0.29) is 18.8 Å². The van der Waals surface area contributed by atoms with Crippen molar-refractivity contribution in [1.29, 1.82) is 0 Å². The predicted molar refractivity (Wildman–Crippen MR) is 43.6 cm³/mol. The Morgan fingerprint density at radius 2 is 1.77 bits per heavy atom. The van der Waals surface area contributed by atoms with Crippen LogP contribution in [0.1, 0.15) is 0 Å². The van der Waals surface area contributed by atoms with E-state index in [0.29, 0.717) is 13.1 Å². The molecule has 0 aromatic carbocycles. The normalized spacial score (nSPS) is 30.5. The van der Waals surface area contributed by atoms with E-state index in [9.17, 15) is 4.79 Å². The Balaban J connectivity index is 1.73. The molecular formula is C8H13NO4. The van der Waals surface area contributed by atoms with Crippen LogP contribution in [-0.2, 0) is 14.3 Å². The summed E-state index contributed by atoms with van der Waals surface area (Å²) in [5.41, 5.74) is 0. The number of ether oxygens (including phenoxy) is 2. The van der Waals surface area contributed by atoms with Crippen molar-refractivity contribution in [2.75, 3.05) is 32.8 Å². The number of hydrogen-bond acceptors (Lipinski definition) is 4. The molecule has 0 saturated carbocycles. The van der Waals surface area contributed by atoms with Crippen molar-refractivity contribution in [3.8, 4) is 0 Å². The zero-order valence-corrected chi connectivity index (χ0v) is 7.31. The summed E-state index contributed by atoms with van der Waals surface area (Å²) in [4.78, 5) is 12.4. The molecule has 13 heavy (non-hydrogen) atoms. The van der Waals surface area contributed by atoms with Gasteiger partial charge in [-0.2, -0.15) is 0 Å². The quantitative estimate of drug-likeness (QED) is 0.550. The van der Waals surface area contributed by atoms with Gasteiger partial charge in [0, 0.05) is 13.1 Å². The Bertz CT molecular complexity index is 186. The number of aliphatic carboxylic acids is 1. The van der Waals surface area contributed by atoms with Gasteiger partial charge in [-0.05, 0) is 0 Å². The van der Waals surface area contributed by atoms with Crippen molar-refractivity contribution < 1.29 is 19.4 Å². The highest BCUT2D eigenvalue weighted by Crippen LogP contribution is 2.15. The van der Waals surface area contributed by atoms with Crippen LogP contribution in [0, 0.1) is 0 Å². The summed E-state index contributed by atoms with van der Waals surface area (Å²) in [5, 5.41) is 8.63. The lowest BCUT2D eigenvalue weighted by molar-refractivity contribution is -0.138. The summed E-state index contributed by atoms with van der Waals surface area (Å²) < 4.78 is 10.1. The van der Waals surface area contributed by atoms with Crippen molar-refractivity contribution in [3.05, 3.63) is 0 Å². The first kappa shape index (κ1) is 8.93. The van der Waals surface area contributed by atoms with Crippen LogP contribution in [0.15, 0.2) is 0 Å². The highest BCUT2D eigenvalue weighted by Gasteiger charge is 2.31. The van der Waals surface area contributed by atoms with Crippen molar-refractivity contribution in [2.24, 2.45) is 0 Å². The first-order chi connectivity index (χ1) is 6.24. The molecule has 0 spiro atoms. The van der Waals surface area contributed by atoms with E-state index >= 15 is 0 Å². The number of rotatable bonds is 6. The standard InChI is InChI=1S/C8H13NO4/c10-8(11)3-9(1-6-4-12-6)2-7-5-13-7/h6-7H,1-5H2,(H,10,11). The number of hydrogen-bond donors (Lipinski definition) is 1. The molecule has 2 aliphatic rings. The van der Waals surface area contributed by atoms with Crippen molar-refractivity contribution in [2.45, 2.75) is 12.2 Å². The molecule has 2 saturated heterocycles.